The quantitative estimate of drug-likeness (QED) is 0.381. The van der Waals surface area contributed by atoms with E-state index in [-0.39, 0.29) is 29.1 Å². The van der Waals surface area contributed by atoms with Crippen molar-refractivity contribution < 1.29 is 19.0 Å². The molecule has 0 spiro atoms. The molecule has 8 heteroatoms. The molecule has 8 nitrogen and oxygen atoms in total. The van der Waals surface area contributed by atoms with Crippen LogP contribution in [0, 0.1) is 18.3 Å². The van der Waals surface area contributed by atoms with Gasteiger partial charge in [-0.15, -0.1) is 11.1 Å². The fraction of sp³-hybridized carbons (Fsp3) is 0.412. The average molecular weight is 344 g/mol. The van der Waals surface area contributed by atoms with Gasteiger partial charge in [0.2, 0.25) is 5.91 Å². The lowest BCUT2D eigenvalue weighted by atomic mass is 10.1. The molecule has 0 bridgehead atoms. The summed E-state index contributed by atoms with van der Waals surface area (Å²) >= 11 is 0. The molecule has 0 radical (unpaired) electrons. The van der Waals surface area contributed by atoms with E-state index < -0.39 is 5.91 Å². The van der Waals surface area contributed by atoms with Crippen LogP contribution in [0.2, 0.25) is 0 Å². The van der Waals surface area contributed by atoms with Gasteiger partial charge in [0.25, 0.3) is 5.91 Å². The number of likely N-dealkylation sites (tertiary alicyclic amines) is 1. The van der Waals surface area contributed by atoms with Gasteiger partial charge in [0.05, 0.1) is 12.6 Å². The Morgan fingerprint density at radius 2 is 2.36 bits per heavy atom. The Morgan fingerprint density at radius 1 is 1.64 bits per heavy atom. The van der Waals surface area contributed by atoms with Gasteiger partial charge in [0, 0.05) is 19.6 Å². The minimum Gasteiger partial charge on any atom is -0.383 e. The normalized spacial score (nSPS) is 26.0. The van der Waals surface area contributed by atoms with Gasteiger partial charge >= 0.3 is 5.84 Å². The second-order valence-corrected chi connectivity index (χ2v) is 5.74. The van der Waals surface area contributed by atoms with Crippen LogP contribution in [0.25, 0.3) is 0 Å². The number of aliphatic imine (C=N–C) groups is 1. The number of hydrazine groups is 1. The molecule has 1 unspecified atom stereocenters. The van der Waals surface area contributed by atoms with Crippen LogP contribution in [0.4, 0.5) is 0 Å². The highest BCUT2D eigenvalue weighted by Crippen LogP contribution is 2.23. The highest BCUT2D eigenvalue weighted by molar-refractivity contribution is 6.19. The maximum absolute atomic E-state index is 12.0. The van der Waals surface area contributed by atoms with E-state index in [4.69, 9.17) is 16.9 Å². The zero-order valence-electron chi connectivity index (χ0n) is 14.4. The Balaban J connectivity index is 2.27. The smallest absolute Gasteiger partial charge is 0.356 e. The number of nitrogens with two attached hydrogens (primary N) is 1. The topological polar surface area (TPSA) is 100 Å². The Morgan fingerprint density at radius 3 is 2.88 bits per heavy atom. The van der Waals surface area contributed by atoms with Crippen LogP contribution < -0.4 is 11.2 Å². The number of hydrogen-bond donors (Lipinski definition) is 2. The van der Waals surface area contributed by atoms with Gasteiger partial charge in [-0.2, -0.15) is 0 Å². The molecule has 2 aliphatic rings. The van der Waals surface area contributed by atoms with E-state index in [1.165, 1.54) is 6.08 Å². The summed E-state index contributed by atoms with van der Waals surface area (Å²) in [5.41, 5.74) is 8.79. The van der Waals surface area contributed by atoms with Crippen LogP contribution in [0.5, 0.6) is 0 Å². The molecule has 25 heavy (non-hydrogen) atoms. The van der Waals surface area contributed by atoms with Gasteiger partial charge < -0.3 is 15.4 Å². The summed E-state index contributed by atoms with van der Waals surface area (Å²) in [7, 11) is 3.15. The van der Waals surface area contributed by atoms with Crippen LogP contribution in [-0.4, -0.2) is 66.8 Å². The maximum atomic E-state index is 12.0. The monoisotopic (exact) mass is 344 g/mol. The second-order valence-electron chi connectivity index (χ2n) is 5.74. The second kappa shape index (κ2) is 7.77. The van der Waals surface area contributed by atoms with Crippen molar-refractivity contribution in [3.63, 3.8) is 0 Å². The molecule has 1 saturated heterocycles. The Bertz CT molecular complexity index is 729. The summed E-state index contributed by atoms with van der Waals surface area (Å²) in [6.45, 7) is 4.48. The van der Waals surface area contributed by atoms with Crippen LogP contribution in [0.15, 0.2) is 28.9 Å². The van der Waals surface area contributed by atoms with Gasteiger partial charge in [0.1, 0.15) is 19.0 Å². The summed E-state index contributed by atoms with van der Waals surface area (Å²) in [4.78, 5) is 29.5. The van der Waals surface area contributed by atoms with Crippen molar-refractivity contribution >= 4 is 23.9 Å². The third-order valence-corrected chi connectivity index (χ3v) is 4.16. The number of hydrazone groups is 1. The number of allylic oxidation sites excluding steroid dienone is 1. The number of hydrogen-bond acceptors (Lipinski definition) is 5. The molecule has 0 saturated carbocycles. The first-order valence-corrected chi connectivity index (χ1v) is 7.77. The summed E-state index contributed by atoms with van der Waals surface area (Å²) in [5, 5.41) is 0. The molecule has 0 aromatic carbocycles. The zero-order chi connectivity index (χ0) is 18.6. The van der Waals surface area contributed by atoms with E-state index in [0.29, 0.717) is 25.4 Å². The highest BCUT2D eigenvalue weighted by atomic mass is 16.5. The number of nitrogens with zero attached hydrogens (tertiary/aromatic N) is 3. The van der Waals surface area contributed by atoms with Gasteiger partial charge in [-0.3, -0.25) is 9.59 Å². The first-order chi connectivity index (χ1) is 12.0. The Kier molecular flexibility index (Phi) is 5.72. The van der Waals surface area contributed by atoms with E-state index in [1.807, 2.05) is 6.21 Å². The number of primary amides is 1. The zero-order valence-corrected chi connectivity index (χ0v) is 14.4. The van der Waals surface area contributed by atoms with Crippen molar-refractivity contribution in [3.8, 4) is 12.3 Å². The van der Waals surface area contributed by atoms with E-state index in [0.717, 1.165) is 0 Å². The number of methoxy groups -OCH3 is 1. The number of rotatable bonds is 5. The third-order valence-electron chi connectivity index (χ3n) is 4.16. The van der Waals surface area contributed by atoms with Crippen LogP contribution >= 0.6 is 0 Å². The van der Waals surface area contributed by atoms with Crippen LogP contribution in [0.1, 0.15) is 6.42 Å². The summed E-state index contributed by atoms with van der Waals surface area (Å²) in [6.07, 6.45) is 9.29. The maximum Gasteiger partial charge on any atom is 0.356 e. The summed E-state index contributed by atoms with van der Waals surface area (Å²) in [5.74, 6) is 2.00. The van der Waals surface area contributed by atoms with Gasteiger partial charge in [-0.25, -0.2) is 5.43 Å². The third kappa shape index (κ3) is 3.61. The molecule has 0 aliphatic carbocycles. The minimum atomic E-state index is -0.649. The number of nitrogens with one attached hydrogen (secondary N) is 1. The summed E-state index contributed by atoms with van der Waals surface area (Å²) in [6, 6.07) is -0.0444. The average Bonchev–Trinajstić information content (AvgIpc) is 3.15. The van der Waals surface area contributed by atoms with Gasteiger partial charge in [-0.1, -0.05) is 11.6 Å². The number of carbonyl (C=O) groups excluding carboxylic acids is 2. The predicted octanol–water partition coefficient (Wildman–Crippen LogP) is -0.962. The predicted molar refractivity (Wildman–Crippen MR) is 93.6 cm³/mol. The summed E-state index contributed by atoms with van der Waals surface area (Å²) < 4.78 is 6.79. The highest BCUT2D eigenvalue weighted by Gasteiger charge is 2.39. The van der Waals surface area contributed by atoms with Crippen LogP contribution in [0.3, 0.4) is 0 Å². The fourth-order valence-electron chi connectivity index (χ4n) is 3.14. The molecule has 2 heterocycles. The molecule has 2 atom stereocenters. The molecule has 1 fully saturated rings. The molecule has 0 aromatic heterocycles. The first kappa shape index (κ1) is 18.4. The largest absolute Gasteiger partial charge is 0.383 e. The lowest BCUT2D eigenvalue weighted by Gasteiger charge is -2.22. The van der Waals surface area contributed by atoms with Gasteiger partial charge in [-0.05, 0) is 18.4 Å². The first-order valence-electron chi connectivity index (χ1n) is 7.77. The molecular weight excluding hydrogens is 322 g/mol. The number of terminal acetylenes is 1. The standard InChI is InChI=1S/C17H21N5O3/c1-5-13-15(16(18)24)17(19-3)22(20-13)9-11-7-12(10-25-4)21(8-11)14(23)6-2/h1,6,9,11-12H,2,7-8,10H2,3-4H3,(H2-,18,19,20,24)/p+1/b22-9+/t11?,12-/m1/s1. The molecule has 3 N–H and O–H groups in total. The van der Waals surface area contributed by atoms with Crippen molar-refractivity contribution in [2.24, 2.45) is 16.6 Å². The number of amidine groups is 1. The van der Waals surface area contributed by atoms with E-state index in [2.05, 4.69) is 22.9 Å². The number of ether oxygens (including phenoxy) is 1. The molecular formula is C17H22N5O3+. The lowest BCUT2D eigenvalue weighted by Crippen LogP contribution is -2.37. The van der Waals surface area contributed by atoms with Crippen molar-refractivity contribution in [2.75, 3.05) is 27.3 Å². The van der Waals surface area contributed by atoms with Crippen molar-refractivity contribution in [2.45, 2.75) is 12.5 Å². The van der Waals surface area contributed by atoms with Crippen molar-refractivity contribution in [3.05, 3.63) is 23.9 Å². The number of amides is 2. The van der Waals surface area contributed by atoms with E-state index in [9.17, 15) is 9.59 Å². The van der Waals surface area contributed by atoms with Gasteiger partial charge in [0.15, 0.2) is 5.57 Å². The van der Waals surface area contributed by atoms with E-state index in [1.54, 1.807) is 23.7 Å². The fourth-order valence-corrected chi connectivity index (χ4v) is 3.14. The van der Waals surface area contributed by atoms with Crippen molar-refractivity contribution in [1.82, 2.24) is 10.3 Å². The molecule has 0 aromatic rings. The molecule has 2 rings (SSSR count). The SMILES string of the molecule is C#CC1=C(C(N)=O)C(=NC)/[N+](=C\C2C[C@H](COC)N(C(=O)C=C)C2)N1. The van der Waals surface area contributed by atoms with Crippen LogP contribution in [-0.2, 0) is 14.3 Å². The molecule has 132 valence electrons. The van der Waals surface area contributed by atoms with Crippen molar-refractivity contribution in [1.29, 1.82) is 0 Å². The Labute approximate surface area is 146 Å². The molecule has 2 aliphatic heterocycles. The number of carbonyl (C=O) groups is 2. The molecule has 2 amide bonds. The lowest BCUT2D eigenvalue weighted by molar-refractivity contribution is -0.456. The Hall–Kier alpha value is -2.92. The van der Waals surface area contributed by atoms with E-state index >= 15 is 0 Å². The minimum absolute atomic E-state index is 0.0274.